The lowest BCUT2D eigenvalue weighted by molar-refractivity contribution is -0.132. The molecular weight excluding hydrogens is 324 g/mol. The van der Waals surface area contributed by atoms with E-state index in [1.54, 1.807) is 0 Å². The number of carbonyl (C=O) groups is 1. The lowest BCUT2D eigenvalue weighted by atomic mass is 10.0. The Balaban J connectivity index is 1.30. The second kappa shape index (κ2) is 6.02. The van der Waals surface area contributed by atoms with Crippen LogP contribution in [0, 0.1) is 0 Å². The Morgan fingerprint density at radius 2 is 1.85 bits per heavy atom. The molecule has 0 fully saturated rings. The molecule has 4 aromatic rings. The van der Waals surface area contributed by atoms with Gasteiger partial charge in [0.15, 0.2) is 0 Å². The van der Waals surface area contributed by atoms with Crippen LogP contribution in [0.4, 0.5) is 0 Å². The molecule has 0 aliphatic carbocycles. The zero-order valence-electron chi connectivity index (χ0n) is 14.5. The average molecular weight is 344 g/mol. The molecule has 2 N–H and O–H groups in total. The summed E-state index contributed by atoms with van der Waals surface area (Å²) in [7, 11) is 0. The molecule has 0 saturated carbocycles. The van der Waals surface area contributed by atoms with Crippen molar-refractivity contribution >= 4 is 27.8 Å². The number of H-pyrrole nitrogens is 2. The summed E-state index contributed by atoms with van der Waals surface area (Å²) < 4.78 is 0. The van der Waals surface area contributed by atoms with E-state index in [0.29, 0.717) is 19.4 Å². The number of benzene rings is 2. The highest BCUT2D eigenvalue weighted by Gasteiger charge is 2.23. The van der Waals surface area contributed by atoms with Gasteiger partial charge in [-0.05, 0) is 18.2 Å². The molecule has 0 atom stereocenters. The third kappa shape index (κ3) is 2.56. The number of fused-ring (bicyclic) bond motifs is 4. The van der Waals surface area contributed by atoms with E-state index in [9.17, 15) is 4.79 Å². The van der Waals surface area contributed by atoms with E-state index in [-0.39, 0.29) is 5.91 Å². The summed E-state index contributed by atoms with van der Waals surface area (Å²) in [6.07, 6.45) is 2.02. The number of para-hydroxylation sites is 3. The summed E-state index contributed by atoms with van der Waals surface area (Å²) in [5.41, 5.74) is 5.68. The van der Waals surface area contributed by atoms with Crippen molar-refractivity contribution in [3.63, 3.8) is 0 Å². The van der Waals surface area contributed by atoms with Crippen molar-refractivity contribution in [1.82, 2.24) is 19.9 Å². The van der Waals surface area contributed by atoms with Gasteiger partial charge in [-0.1, -0.05) is 30.3 Å². The summed E-state index contributed by atoms with van der Waals surface area (Å²) in [5.74, 6) is 1.07. The van der Waals surface area contributed by atoms with Crippen LogP contribution in [-0.2, 0) is 24.2 Å². The first-order valence-corrected chi connectivity index (χ1v) is 9.08. The second-order valence-corrected chi connectivity index (χ2v) is 6.89. The van der Waals surface area contributed by atoms with E-state index < -0.39 is 0 Å². The highest BCUT2D eigenvalue weighted by molar-refractivity contribution is 5.86. The van der Waals surface area contributed by atoms with Crippen LogP contribution in [0.3, 0.4) is 0 Å². The normalized spacial score (nSPS) is 14.1. The Morgan fingerprint density at radius 3 is 2.73 bits per heavy atom. The Bertz CT molecular complexity index is 1070. The van der Waals surface area contributed by atoms with Crippen molar-refractivity contribution in [2.75, 3.05) is 6.54 Å². The maximum Gasteiger partial charge on any atom is 0.223 e. The molecule has 5 heteroatoms. The van der Waals surface area contributed by atoms with Gasteiger partial charge in [0.2, 0.25) is 5.91 Å². The highest BCUT2D eigenvalue weighted by atomic mass is 16.2. The van der Waals surface area contributed by atoms with Gasteiger partial charge in [-0.2, -0.15) is 0 Å². The molecule has 0 saturated heterocycles. The molecule has 1 aliphatic rings. The molecule has 130 valence electrons. The number of aromatic nitrogens is 3. The minimum Gasteiger partial charge on any atom is -0.358 e. The molecule has 1 aliphatic heterocycles. The van der Waals surface area contributed by atoms with Gasteiger partial charge >= 0.3 is 0 Å². The van der Waals surface area contributed by atoms with Gasteiger partial charge in [0.05, 0.1) is 11.0 Å². The van der Waals surface area contributed by atoms with Gasteiger partial charge in [-0.25, -0.2) is 4.98 Å². The summed E-state index contributed by atoms with van der Waals surface area (Å²) in [4.78, 5) is 26.1. The summed E-state index contributed by atoms with van der Waals surface area (Å²) in [5, 5.41) is 1.23. The van der Waals surface area contributed by atoms with Crippen molar-refractivity contribution in [2.24, 2.45) is 0 Å². The first-order valence-electron chi connectivity index (χ1n) is 9.08. The third-order valence-electron chi connectivity index (χ3n) is 5.25. The lowest BCUT2D eigenvalue weighted by Crippen LogP contribution is -2.35. The standard InChI is InChI=1S/C21H20N4O/c26-21(10-9-20-23-18-7-3-4-8-19(18)24-20)25-12-11-17-15(13-25)14-5-1-2-6-16(14)22-17/h1-8,22H,9-13H2,(H,23,24). The quantitative estimate of drug-likeness (QED) is 0.597. The Hall–Kier alpha value is -3.08. The number of aryl methyl sites for hydroxylation is 1. The van der Waals surface area contributed by atoms with Gasteiger partial charge < -0.3 is 14.9 Å². The van der Waals surface area contributed by atoms with Crippen molar-refractivity contribution in [3.8, 4) is 0 Å². The molecule has 1 amide bonds. The topological polar surface area (TPSA) is 64.8 Å². The highest BCUT2D eigenvalue weighted by Crippen LogP contribution is 2.27. The fourth-order valence-electron chi connectivity index (χ4n) is 3.89. The summed E-state index contributed by atoms with van der Waals surface area (Å²) in [6, 6.07) is 16.3. The number of amides is 1. The molecule has 2 aromatic carbocycles. The zero-order valence-corrected chi connectivity index (χ0v) is 14.5. The Kier molecular flexibility index (Phi) is 3.52. The lowest BCUT2D eigenvalue weighted by Gasteiger charge is -2.27. The Labute approximate surface area is 151 Å². The molecule has 0 bridgehead atoms. The molecule has 0 spiro atoms. The van der Waals surface area contributed by atoms with E-state index in [0.717, 1.165) is 35.3 Å². The predicted molar refractivity (Wildman–Crippen MR) is 102 cm³/mol. The fourth-order valence-corrected chi connectivity index (χ4v) is 3.89. The molecule has 0 unspecified atom stereocenters. The molecular formula is C21H20N4O. The van der Waals surface area contributed by atoms with Crippen molar-refractivity contribution in [2.45, 2.75) is 25.8 Å². The van der Waals surface area contributed by atoms with E-state index >= 15 is 0 Å². The predicted octanol–water partition coefficient (Wildman–Crippen LogP) is 3.56. The number of nitrogens with zero attached hydrogens (tertiary/aromatic N) is 2. The zero-order chi connectivity index (χ0) is 17.5. The van der Waals surface area contributed by atoms with E-state index in [4.69, 9.17) is 0 Å². The van der Waals surface area contributed by atoms with Crippen LogP contribution in [0.25, 0.3) is 21.9 Å². The molecule has 3 heterocycles. The number of carbonyl (C=O) groups excluding carboxylic acids is 1. The summed E-state index contributed by atoms with van der Waals surface area (Å²) in [6.45, 7) is 1.47. The smallest absolute Gasteiger partial charge is 0.223 e. The number of imidazole rings is 1. The molecule has 26 heavy (non-hydrogen) atoms. The average Bonchev–Trinajstić information content (AvgIpc) is 3.26. The van der Waals surface area contributed by atoms with Gasteiger partial charge in [0.25, 0.3) is 0 Å². The fraction of sp³-hybridized carbons (Fsp3) is 0.238. The SMILES string of the molecule is O=C(CCc1nc2ccccc2[nH]1)N1CCc2[nH]c3ccccc3c2C1. The first kappa shape index (κ1) is 15.2. The van der Waals surface area contributed by atoms with Gasteiger partial charge in [0, 0.05) is 54.5 Å². The van der Waals surface area contributed by atoms with E-state index in [1.165, 1.54) is 16.6 Å². The number of nitrogens with one attached hydrogen (secondary N) is 2. The minimum atomic E-state index is 0.196. The molecule has 0 radical (unpaired) electrons. The number of aromatic amines is 2. The van der Waals surface area contributed by atoms with Crippen LogP contribution in [-0.4, -0.2) is 32.3 Å². The van der Waals surface area contributed by atoms with Crippen LogP contribution in [0.5, 0.6) is 0 Å². The number of rotatable bonds is 3. The monoisotopic (exact) mass is 344 g/mol. The molecule has 5 nitrogen and oxygen atoms in total. The van der Waals surface area contributed by atoms with Crippen LogP contribution in [0.1, 0.15) is 23.5 Å². The molecule has 5 rings (SSSR count). The van der Waals surface area contributed by atoms with Crippen LogP contribution >= 0.6 is 0 Å². The second-order valence-electron chi connectivity index (χ2n) is 6.89. The van der Waals surface area contributed by atoms with Crippen molar-refractivity contribution < 1.29 is 4.79 Å². The maximum absolute atomic E-state index is 12.7. The summed E-state index contributed by atoms with van der Waals surface area (Å²) >= 11 is 0. The maximum atomic E-state index is 12.7. The van der Waals surface area contributed by atoms with Gasteiger partial charge in [0.1, 0.15) is 5.82 Å². The number of hydrogen-bond donors (Lipinski definition) is 2. The van der Waals surface area contributed by atoms with E-state index in [2.05, 4.69) is 33.2 Å². The van der Waals surface area contributed by atoms with Crippen LogP contribution in [0.15, 0.2) is 48.5 Å². The van der Waals surface area contributed by atoms with Gasteiger partial charge in [-0.3, -0.25) is 4.79 Å². The van der Waals surface area contributed by atoms with E-state index in [1.807, 2.05) is 35.2 Å². The largest absolute Gasteiger partial charge is 0.358 e. The van der Waals surface area contributed by atoms with Crippen LogP contribution < -0.4 is 0 Å². The molecule has 2 aromatic heterocycles. The first-order chi connectivity index (χ1) is 12.8. The third-order valence-corrected chi connectivity index (χ3v) is 5.25. The van der Waals surface area contributed by atoms with Crippen molar-refractivity contribution in [1.29, 1.82) is 0 Å². The van der Waals surface area contributed by atoms with Crippen molar-refractivity contribution in [3.05, 3.63) is 65.6 Å². The Morgan fingerprint density at radius 1 is 1.04 bits per heavy atom. The number of hydrogen-bond acceptors (Lipinski definition) is 2. The minimum absolute atomic E-state index is 0.196. The van der Waals surface area contributed by atoms with Crippen LogP contribution in [0.2, 0.25) is 0 Å². The van der Waals surface area contributed by atoms with Gasteiger partial charge in [-0.15, -0.1) is 0 Å².